The van der Waals surface area contributed by atoms with E-state index in [-0.39, 0.29) is 11.8 Å². The molecule has 3 atom stereocenters. The number of aliphatic carboxylic acids is 1. The number of esters is 1. The Kier molecular flexibility index (Phi) is 4.09. The second-order valence-electron chi connectivity index (χ2n) is 7.46. The Balaban J connectivity index is 1.50. The molecule has 3 aromatic carbocycles. The van der Waals surface area contributed by atoms with Crippen LogP contribution in [0.1, 0.15) is 28.3 Å². The number of anilines is 1. The molecule has 0 radical (unpaired) electrons. The molecule has 1 aliphatic carbocycles. The van der Waals surface area contributed by atoms with Crippen molar-refractivity contribution >= 4 is 28.4 Å². The van der Waals surface area contributed by atoms with Crippen molar-refractivity contribution in [3.8, 4) is 5.75 Å². The summed E-state index contributed by atoms with van der Waals surface area (Å²) in [7, 11) is 0. The first-order chi connectivity index (χ1) is 14.1. The van der Waals surface area contributed by atoms with Crippen LogP contribution >= 0.6 is 0 Å². The SMILES string of the molecule is O=C(Oc1ccc2ccccc2c1)c1cccc2c1N[C@@H](C(=O)[O-])[C@H]1CC=C[C@@H]21. The Hall–Kier alpha value is -3.60. The van der Waals surface area contributed by atoms with E-state index in [1.165, 1.54) is 0 Å². The number of ether oxygens (including phenoxy) is 1. The minimum absolute atomic E-state index is 0.0532. The minimum Gasteiger partial charge on any atom is -0.548 e. The lowest BCUT2D eigenvalue weighted by molar-refractivity contribution is -0.308. The van der Waals surface area contributed by atoms with Crippen molar-refractivity contribution in [1.29, 1.82) is 0 Å². The molecule has 0 amide bonds. The van der Waals surface area contributed by atoms with E-state index in [0.717, 1.165) is 16.3 Å². The standard InChI is InChI=1S/C24H19NO4/c26-23(27)22-19-9-3-7-17(19)18-8-4-10-20(21(18)25-22)24(28)29-16-12-11-14-5-1-2-6-15(14)13-16/h1-8,10-13,17,19,22,25H,9H2,(H,26,27)/p-1/t17-,19-,22+/m0/s1. The van der Waals surface area contributed by atoms with E-state index < -0.39 is 18.0 Å². The Labute approximate surface area is 167 Å². The van der Waals surface area contributed by atoms with Crippen LogP contribution in [0.3, 0.4) is 0 Å². The molecule has 5 heteroatoms. The summed E-state index contributed by atoms with van der Waals surface area (Å²) < 4.78 is 5.62. The highest BCUT2D eigenvalue weighted by Gasteiger charge is 2.39. The first kappa shape index (κ1) is 17.5. The summed E-state index contributed by atoms with van der Waals surface area (Å²) in [5.41, 5.74) is 1.75. The molecule has 0 fully saturated rings. The third-order valence-corrected chi connectivity index (χ3v) is 5.80. The second kappa shape index (κ2) is 6.78. The van der Waals surface area contributed by atoms with Crippen LogP contribution in [0.2, 0.25) is 0 Å². The van der Waals surface area contributed by atoms with Gasteiger partial charge in [-0.1, -0.05) is 54.6 Å². The molecule has 5 nitrogen and oxygen atoms in total. The van der Waals surface area contributed by atoms with Crippen molar-refractivity contribution in [3.63, 3.8) is 0 Å². The van der Waals surface area contributed by atoms with Crippen molar-refractivity contribution in [2.24, 2.45) is 5.92 Å². The van der Waals surface area contributed by atoms with Crippen LogP contribution in [0.15, 0.2) is 72.8 Å². The maximum Gasteiger partial charge on any atom is 0.345 e. The van der Waals surface area contributed by atoms with Gasteiger partial charge in [-0.25, -0.2) is 4.79 Å². The predicted octanol–water partition coefficient (Wildman–Crippen LogP) is 3.26. The quantitative estimate of drug-likeness (QED) is 0.426. The third kappa shape index (κ3) is 2.95. The predicted molar refractivity (Wildman–Crippen MR) is 108 cm³/mol. The van der Waals surface area contributed by atoms with Gasteiger partial charge in [-0.05, 0) is 46.9 Å². The highest BCUT2D eigenvalue weighted by Crippen LogP contribution is 2.45. The molecule has 1 aliphatic heterocycles. The number of nitrogens with one attached hydrogen (secondary N) is 1. The van der Waals surface area contributed by atoms with E-state index in [1.54, 1.807) is 18.2 Å². The van der Waals surface area contributed by atoms with Gasteiger partial charge in [0.05, 0.1) is 23.3 Å². The molecular formula is C24H18NO4-. The van der Waals surface area contributed by atoms with E-state index in [4.69, 9.17) is 4.74 Å². The van der Waals surface area contributed by atoms with Crippen molar-refractivity contribution in [2.45, 2.75) is 18.4 Å². The number of benzene rings is 3. The Morgan fingerprint density at radius 2 is 1.83 bits per heavy atom. The van der Waals surface area contributed by atoms with Crippen LogP contribution in [0.25, 0.3) is 10.8 Å². The molecule has 0 unspecified atom stereocenters. The number of carboxylic acid groups (broad SMARTS) is 1. The van der Waals surface area contributed by atoms with Gasteiger partial charge in [-0.3, -0.25) is 0 Å². The normalized spacial score (nSPS) is 21.9. The first-order valence-corrected chi connectivity index (χ1v) is 9.60. The average molecular weight is 384 g/mol. The molecule has 1 N–H and O–H groups in total. The van der Waals surface area contributed by atoms with Crippen molar-refractivity contribution in [1.82, 2.24) is 0 Å². The van der Waals surface area contributed by atoms with Gasteiger partial charge in [0.25, 0.3) is 0 Å². The maximum absolute atomic E-state index is 12.9. The number of carboxylic acids is 1. The van der Waals surface area contributed by atoms with Crippen LogP contribution in [0, 0.1) is 5.92 Å². The lowest BCUT2D eigenvalue weighted by Crippen LogP contribution is -2.49. The smallest absolute Gasteiger partial charge is 0.345 e. The van der Waals surface area contributed by atoms with Gasteiger partial charge >= 0.3 is 5.97 Å². The van der Waals surface area contributed by atoms with Gasteiger partial charge in [0, 0.05) is 5.92 Å². The summed E-state index contributed by atoms with van der Waals surface area (Å²) in [6.07, 6.45) is 4.67. The highest BCUT2D eigenvalue weighted by atomic mass is 16.5. The molecule has 0 spiro atoms. The lowest BCUT2D eigenvalue weighted by atomic mass is 9.78. The summed E-state index contributed by atoms with van der Waals surface area (Å²) in [6, 6.07) is 17.8. The molecule has 144 valence electrons. The number of allylic oxidation sites excluding steroid dienone is 2. The number of carbonyl (C=O) groups is 2. The maximum atomic E-state index is 12.9. The molecule has 0 saturated heterocycles. The van der Waals surface area contributed by atoms with Crippen LogP contribution in [-0.2, 0) is 4.79 Å². The van der Waals surface area contributed by atoms with Gasteiger partial charge in [-0.2, -0.15) is 0 Å². The Bertz CT molecular complexity index is 1170. The lowest BCUT2D eigenvalue weighted by Gasteiger charge is -2.38. The number of rotatable bonds is 3. The van der Waals surface area contributed by atoms with Crippen LogP contribution < -0.4 is 15.2 Å². The molecular weight excluding hydrogens is 366 g/mol. The fourth-order valence-corrected chi connectivity index (χ4v) is 4.42. The van der Waals surface area contributed by atoms with Crippen LogP contribution in [-0.4, -0.2) is 18.0 Å². The van der Waals surface area contributed by atoms with E-state index in [2.05, 4.69) is 5.32 Å². The second-order valence-corrected chi connectivity index (χ2v) is 7.46. The number of hydrogen-bond acceptors (Lipinski definition) is 5. The molecule has 2 aliphatic rings. The molecule has 0 saturated carbocycles. The minimum atomic E-state index is -1.16. The van der Waals surface area contributed by atoms with Crippen LogP contribution in [0.5, 0.6) is 5.75 Å². The number of carbonyl (C=O) groups excluding carboxylic acids is 2. The van der Waals surface area contributed by atoms with Crippen LogP contribution in [0.4, 0.5) is 5.69 Å². The van der Waals surface area contributed by atoms with E-state index in [1.807, 2.05) is 54.6 Å². The molecule has 5 rings (SSSR count). The zero-order chi connectivity index (χ0) is 20.0. The van der Waals surface area contributed by atoms with Gasteiger partial charge in [0.1, 0.15) is 5.75 Å². The molecule has 29 heavy (non-hydrogen) atoms. The van der Waals surface area contributed by atoms with Gasteiger partial charge in [-0.15, -0.1) is 0 Å². The summed E-state index contributed by atoms with van der Waals surface area (Å²) in [5.74, 6) is -1.41. The molecule has 3 aromatic rings. The van der Waals surface area contributed by atoms with Gasteiger partial charge in [0.2, 0.25) is 0 Å². The third-order valence-electron chi connectivity index (χ3n) is 5.80. The highest BCUT2D eigenvalue weighted by molar-refractivity contribution is 5.99. The first-order valence-electron chi connectivity index (χ1n) is 9.60. The zero-order valence-corrected chi connectivity index (χ0v) is 15.5. The number of fused-ring (bicyclic) bond motifs is 4. The fraction of sp³-hybridized carbons (Fsp3) is 0.167. The van der Waals surface area contributed by atoms with Crippen molar-refractivity contribution < 1.29 is 19.4 Å². The zero-order valence-electron chi connectivity index (χ0n) is 15.5. The van der Waals surface area contributed by atoms with Crippen molar-refractivity contribution in [3.05, 3.63) is 83.9 Å². The van der Waals surface area contributed by atoms with E-state index >= 15 is 0 Å². The van der Waals surface area contributed by atoms with Gasteiger partial charge in [0.15, 0.2) is 0 Å². The largest absolute Gasteiger partial charge is 0.548 e. The topological polar surface area (TPSA) is 78.5 Å². The van der Waals surface area contributed by atoms with E-state index in [0.29, 0.717) is 23.4 Å². The average Bonchev–Trinajstić information content (AvgIpc) is 3.22. The van der Waals surface area contributed by atoms with E-state index in [9.17, 15) is 14.7 Å². The van der Waals surface area contributed by atoms with Gasteiger partial charge < -0.3 is 20.0 Å². The summed E-state index contributed by atoms with van der Waals surface area (Å²) in [5, 5.41) is 16.7. The number of hydrogen-bond donors (Lipinski definition) is 1. The monoisotopic (exact) mass is 384 g/mol. The fourth-order valence-electron chi connectivity index (χ4n) is 4.42. The molecule has 1 heterocycles. The summed E-state index contributed by atoms with van der Waals surface area (Å²) in [4.78, 5) is 24.6. The Morgan fingerprint density at radius 3 is 2.66 bits per heavy atom. The number of para-hydroxylation sites is 1. The Morgan fingerprint density at radius 1 is 1.00 bits per heavy atom. The summed E-state index contributed by atoms with van der Waals surface area (Å²) >= 11 is 0. The molecule has 0 aromatic heterocycles. The summed E-state index contributed by atoms with van der Waals surface area (Å²) in [6.45, 7) is 0. The molecule has 0 bridgehead atoms. The van der Waals surface area contributed by atoms with Crippen molar-refractivity contribution in [2.75, 3.05) is 5.32 Å².